The number of alkyl carbamates (subject to hydrolysis) is 1. The fourth-order valence-corrected chi connectivity index (χ4v) is 2.54. The molecular weight excluding hydrogens is 336 g/mol. The summed E-state index contributed by atoms with van der Waals surface area (Å²) in [6, 6.07) is 0. The molecule has 9 heteroatoms. The smallest absolute Gasteiger partial charge is 0.407 e. The molecule has 0 saturated heterocycles. The lowest BCUT2D eigenvalue weighted by Gasteiger charge is -2.20. The Morgan fingerprint density at radius 2 is 2.04 bits per heavy atom. The Morgan fingerprint density at radius 1 is 1.38 bits per heavy atom. The molecule has 0 saturated carbocycles. The van der Waals surface area contributed by atoms with Crippen LogP contribution < -0.4 is 5.32 Å². The predicted octanol–water partition coefficient (Wildman–Crippen LogP) is 1.63. The summed E-state index contributed by atoms with van der Waals surface area (Å²) in [5.41, 5.74) is -0.605. The second-order valence-corrected chi connectivity index (χ2v) is 7.07. The number of esters is 1. The normalized spacial score (nSPS) is 13.9. The molecule has 0 aliphatic heterocycles. The van der Waals surface area contributed by atoms with Gasteiger partial charge in [0.05, 0.1) is 18.9 Å². The van der Waals surface area contributed by atoms with Gasteiger partial charge in [-0.3, -0.25) is 0 Å². The van der Waals surface area contributed by atoms with Crippen molar-refractivity contribution in [3.05, 3.63) is 16.1 Å². The van der Waals surface area contributed by atoms with Crippen molar-refractivity contribution >= 4 is 23.4 Å². The van der Waals surface area contributed by atoms with Crippen molar-refractivity contribution in [2.24, 2.45) is 0 Å². The van der Waals surface area contributed by atoms with Crippen molar-refractivity contribution in [3.63, 3.8) is 0 Å². The summed E-state index contributed by atoms with van der Waals surface area (Å²) < 4.78 is 9.90. The number of hydrogen-bond acceptors (Lipinski definition) is 8. The molecule has 24 heavy (non-hydrogen) atoms. The predicted molar refractivity (Wildman–Crippen MR) is 87.9 cm³/mol. The number of nitrogens with one attached hydrogen (secondary N) is 1. The van der Waals surface area contributed by atoms with Crippen molar-refractivity contribution in [1.82, 2.24) is 10.3 Å². The van der Waals surface area contributed by atoms with Gasteiger partial charge in [-0.2, -0.15) is 0 Å². The number of carbonyl (C=O) groups excluding carboxylic acids is 2. The standard InChI is InChI=1S/C15H24N2O6S/c1-5-22-13(20)10-8-17-12(24-10)11(19)9(18)6-7-16-14(21)23-15(2,3)4/h8-9,11,18-19H,5-7H2,1-4H3,(H,16,21). The molecule has 1 amide bonds. The van der Waals surface area contributed by atoms with Gasteiger partial charge in [0.1, 0.15) is 21.6 Å². The van der Waals surface area contributed by atoms with Gasteiger partial charge in [-0.15, -0.1) is 11.3 Å². The maximum Gasteiger partial charge on any atom is 0.407 e. The number of thiazole rings is 1. The highest BCUT2D eigenvalue weighted by Gasteiger charge is 2.24. The van der Waals surface area contributed by atoms with Crippen LogP contribution >= 0.6 is 11.3 Å². The summed E-state index contributed by atoms with van der Waals surface area (Å²) in [4.78, 5) is 27.2. The van der Waals surface area contributed by atoms with E-state index in [2.05, 4.69) is 10.3 Å². The van der Waals surface area contributed by atoms with Crippen LogP contribution in [0.5, 0.6) is 0 Å². The highest BCUT2D eigenvalue weighted by Crippen LogP contribution is 2.24. The van der Waals surface area contributed by atoms with Crippen LogP contribution in [-0.4, -0.2) is 52.1 Å². The highest BCUT2D eigenvalue weighted by atomic mass is 32.1. The first-order valence-corrected chi connectivity index (χ1v) is 8.41. The number of hydrogen-bond donors (Lipinski definition) is 3. The van der Waals surface area contributed by atoms with Gasteiger partial charge in [0.25, 0.3) is 0 Å². The van der Waals surface area contributed by atoms with E-state index in [0.29, 0.717) is 0 Å². The Balaban J connectivity index is 2.46. The van der Waals surface area contributed by atoms with Crippen LogP contribution in [0.4, 0.5) is 4.79 Å². The van der Waals surface area contributed by atoms with Crippen LogP contribution in [0.2, 0.25) is 0 Å². The summed E-state index contributed by atoms with van der Waals surface area (Å²) in [5, 5.41) is 22.7. The molecule has 2 unspecified atom stereocenters. The number of aromatic nitrogens is 1. The van der Waals surface area contributed by atoms with E-state index >= 15 is 0 Å². The molecule has 0 fully saturated rings. The number of amides is 1. The van der Waals surface area contributed by atoms with E-state index in [1.54, 1.807) is 27.7 Å². The minimum atomic E-state index is -1.25. The van der Waals surface area contributed by atoms with Gasteiger partial charge in [-0.25, -0.2) is 14.6 Å². The van der Waals surface area contributed by atoms with Gasteiger partial charge in [0, 0.05) is 6.54 Å². The zero-order valence-corrected chi connectivity index (χ0v) is 15.1. The van der Waals surface area contributed by atoms with Crippen LogP contribution in [0.3, 0.4) is 0 Å². The lowest BCUT2D eigenvalue weighted by atomic mass is 10.1. The Bertz CT molecular complexity index is 554. The maximum absolute atomic E-state index is 11.6. The van der Waals surface area contributed by atoms with E-state index in [1.165, 1.54) is 6.20 Å². The molecule has 3 N–H and O–H groups in total. The van der Waals surface area contributed by atoms with Gasteiger partial charge in [-0.1, -0.05) is 0 Å². The Hall–Kier alpha value is -1.71. The van der Waals surface area contributed by atoms with Crippen molar-refractivity contribution in [2.45, 2.75) is 51.9 Å². The first kappa shape index (κ1) is 20.3. The van der Waals surface area contributed by atoms with E-state index in [9.17, 15) is 19.8 Å². The molecule has 136 valence electrons. The third-order valence-corrected chi connectivity index (χ3v) is 3.77. The number of rotatable bonds is 7. The zero-order chi connectivity index (χ0) is 18.3. The average Bonchev–Trinajstić information content (AvgIpc) is 2.94. The Kier molecular flexibility index (Phi) is 7.59. The molecule has 0 spiro atoms. The SMILES string of the molecule is CCOC(=O)c1cnc(C(O)C(O)CCNC(=O)OC(C)(C)C)s1. The fourth-order valence-electron chi connectivity index (χ4n) is 1.68. The van der Waals surface area contributed by atoms with Gasteiger partial charge in [0.2, 0.25) is 0 Å². The van der Waals surface area contributed by atoms with Gasteiger partial charge in [-0.05, 0) is 34.1 Å². The number of aliphatic hydroxyl groups is 2. The summed E-state index contributed by atoms with van der Waals surface area (Å²) >= 11 is 0.957. The summed E-state index contributed by atoms with van der Waals surface area (Å²) in [6.45, 7) is 7.30. The lowest BCUT2D eigenvalue weighted by Crippen LogP contribution is -2.34. The molecule has 1 aromatic rings. The number of nitrogens with zero attached hydrogens (tertiary/aromatic N) is 1. The van der Waals surface area contributed by atoms with Gasteiger partial charge < -0.3 is 25.0 Å². The molecule has 1 aromatic heterocycles. The molecule has 0 aliphatic carbocycles. The van der Waals surface area contributed by atoms with Gasteiger partial charge in [0.15, 0.2) is 0 Å². The van der Waals surface area contributed by atoms with Crippen LogP contribution in [0.1, 0.15) is 54.9 Å². The third-order valence-electron chi connectivity index (χ3n) is 2.73. The number of aliphatic hydroxyl groups excluding tert-OH is 2. The molecule has 1 heterocycles. The van der Waals surface area contributed by atoms with E-state index in [4.69, 9.17) is 9.47 Å². The zero-order valence-electron chi connectivity index (χ0n) is 14.2. The molecule has 1 rings (SSSR count). The second-order valence-electron chi connectivity index (χ2n) is 6.01. The van der Waals surface area contributed by atoms with E-state index in [-0.39, 0.29) is 29.5 Å². The molecule has 0 bridgehead atoms. The van der Waals surface area contributed by atoms with Crippen molar-refractivity contribution in [3.8, 4) is 0 Å². The minimum absolute atomic E-state index is 0.106. The largest absolute Gasteiger partial charge is 0.462 e. The molecule has 0 aromatic carbocycles. The van der Waals surface area contributed by atoms with Crippen LogP contribution in [0, 0.1) is 0 Å². The Labute approximate surface area is 144 Å². The quantitative estimate of drug-likeness (QED) is 0.632. The molecule has 8 nitrogen and oxygen atoms in total. The summed E-state index contributed by atoms with van der Waals surface area (Å²) in [7, 11) is 0. The van der Waals surface area contributed by atoms with Crippen LogP contribution in [0.25, 0.3) is 0 Å². The maximum atomic E-state index is 11.6. The van der Waals surface area contributed by atoms with E-state index in [1.807, 2.05) is 0 Å². The third kappa shape index (κ3) is 6.81. The summed E-state index contributed by atoms with van der Waals surface area (Å²) in [6.07, 6.45) is -1.58. The molecule has 0 aliphatic rings. The van der Waals surface area contributed by atoms with Crippen LogP contribution in [-0.2, 0) is 9.47 Å². The van der Waals surface area contributed by atoms with Crippen LogP contribution in [0.15, 0.2) is 6.20 Å². The highest BCUT2D eigenvalue weighted by molar-refractivity contribution is 7.13. The lowest BCUT2D eigenvalue weighted by molar-refractivity contribution is 0.0122. The fraction of sp³-hybridized carbons (Fsp3) is 0.667. The van der Waals surface area contributed by atoms with Crippen molar-refractivity contribution in [1.29, 1.82) is 0 Å². The number of ether oxygens (including phenoxy) is 2. The van der Waals surface area contributed by atoms with E-state index < -0.39 is 29.9 Å². The average molecular weight is 360 g/mol. The topological polar surface area (TPSA) is 118 Å². The molecule has 0 radical (unpaired) electrons. The first-order chi connectivity index (χ1) is 11.1. The first-order valence-electron chi connectivity index (χ1n) is 7.60. The van der Waals surface area contributed by atoms with Gasteiger partial charge >= 0.3 is 12.1 Å². The molecule has 2 atom stereocenters. The van der Waals surface area contributed by atoms with Crippen molar-refractivity contribution in [2.75, 3.05) is 13.2 Å². The minimum Gasteiger partial charge on any atom is -0.462 e. The monoisotopic (exact) mass is 360 g/mol. The number of carbonyl (C=O) groups is 2. The Morgan fingerprint density at radius 3 is 2.62 bits per heavy atom. The summed E-state index contributed by atoms with van der Waals surface area (Å²) in [5.74, 6) is -0.519. The molecular formula is C15H24N2O6S. The van der Waals surface area contributed by atoms with Crippen molar-refractivity contribution < 1.29 is 29.3 Å². The van der Waals surface area contributed by atoms with E-state index in [0.717, 1.165) is 11.3 Å². The second kappa shape index (κ2) is 8.95.